The van der Waals surface area contributed by atoms with Crippen molar-refractivity contribution in [1.29, 1.82) is 0 Å². The number of hydrogen-bond acceptors (Lipinski definition) is 9. The van der Waals surface area contributed by atoms with Crippen molar-refractivity contribution in [3.05, 3.63) is 42.5 Å². The van der Waals surface area contributed by atoms with Gasteiger partial charge in [0.05, 0.1) is 36.8 Å². The van der Waals surface area contributed by atoms with Gasteiger partial charge in [0.1, 0.15) is 17.6 Å². The maximum absolute atomic E-state index is 13.1. The van der Waals surface area contributed by atoms with Crippen molar-refractivity contribution in [3.63, 3.8) is 0 Å². The van der Waals surface area contributed by atoms with Crippen LogP contribution in [0.25, 0.3) is 11.2 Å². The van der Waals surface area contributed by atoms with E-state index in [1.807, 2.05) is 28.5 Å². The lowest BCUT2D eigenvalue weighted by Crippen LogP contribution is -2.57. The van der Waals surface area contributed by atoms with Crippen LogP contribution in [0.15, 0.2) is 36.9 Å². The maximum atomic E-state index is 13.1. The van der Waals surface area contributed by atoms with Crippen molar-refractivity contribution in [2.45, 2.75) is 49.9 Å². The molecule has 0 saturated carbocycles. The summed E-state index contributed by atoms with van der Waals surface area (Å²) >= 11 is 0. The zero-order valence-corrected chi connectivity index (χ0v) is 20.5. The molecule has 1 aromatic carbocycles. The van der Waals surface area contributed by atoms with Crippen LogP contribution in [-0.2, 0) is 4.74 Å². The Morgan fingerprint density at radius 2 is 1.97 bits per heavy atom. The Kier molecular flexibility index (Phi) is 6.54. The SMILES string of the molecule is C[C@]1(O)CC2(CCN(C(=O)c3ccc(OCCCN)cc3)CC2)OC[C@@H]1n1cnc2c(N)ncnc21. The third-order valence-corrected chi connectivity index (χ3v) is 7.35. The van der Waals surface area contributed by atoms with Gasteiger partial charge in [-0.3, -0.25) is 4.79 Å². The Labute approximate surface area is 209 Å². The molecule has 2 atom stereocenters. The molecule has 4 heterocycles. The minimum Gasteiger partial charge on any atom is -0.494 e. The quantitative estimate of drug-likeness (QED) is 0.432. The second-order valence-corrected chi connectivity index (χ2v) is 9.93. The van der Waals surface area contributed by atoms with Crippen molar-refractivity contribution in [1.82, 2.24) is 24.4 Å². The second kappa shape index (κ2) is 9.64. The number of aliphatic hydroxyl groups is 1. The maximum Gasteiger partial charge on any atom is 0.253 e. The Morgan fingerprint density at radius 1 is 1.22 bits per heavy atom. The molecule has 192 valence electrons. The smallest absolute Gasteiger partial charge is 0.253 e. The molecule has 1 amide bonds. The number of nitrogens with two attached hydrogens (primary N) is 2. The highest BCUT2D eigenvalue weighted by Crippen LogP contribution is 2.44. The molecule has 2 aliphatic rings. The fourth-order valence-electron chi connectivity index (χ4n) is 5.32. The molecule has 11 nitrogen and oxygen atoms in total. The molecule has 1 spiro atoms. The van der Waals surface area contributed by atoms with Gasteiger partial charge in [0.2, 0.25) is 0 Å². The summed E-state index contributed by atoms with van der Waals surface area (Å²) in [5, 5.41) is 11.5. The molecule has 0 aliphatic carbocycles. The van der Waals surface area contributed by atoms with Crippen LogP contribution in [-0.4, -0.2) is 79.5 Å². The van der Waals surface area contributed by atoms with E-state index in [1.165, 1.54) is 6.33 Å². The van der Waals surface area contributed by atoms with Crippen molar-refractivity contribution in [2.24, 2.45) is 5.73 Å². The summed E-state index contributed by atoms with van der Waals surface area (Å²) in [5.74, 6) is 1.02. The van der Waals surface area contributed by atoms with Crippen LogP contribution < -0.4 is 16.2 Å². The number of likely N-dealkylation sites (tertiary alicyclic amines) is 1. The number of aromatic nitrogens is 4. The number of nitrogen functional groups attached to an aromatic ring is 1. The Bertz CT molecular complexity index is 1220. The lowest BCUT2D eigenvalue weighted by molar-refractivity contribution is -0.194. The van der Waals surface area contributed by atoms with Crippen LogP contribution in [0.2, 0.25) is 0 Å². The highest BCUT2D eigenvalue weighted by molar-refractivity contribution is 5.94. The summed E-state index contributed by atoms with van der Waals surface area (Å²) in [5.41, 5.74) is 11.6. The molecule has 5 rings (SSSR count). The van der Waals surface area contributed by atoms with Gasteiger partial charge in [0, 0.05) is 25.1 Å². The van der Waals surface area contributed by atoms with Crippen LogP contribution >= 0.6 is 0 Å². The van der Waals surface area contributed by atoms with Gasteiger partial charge in [-0.25, -0.2) is 15.0 Å². The number of carbonyl (C=O) groups is 1. The molecular formula is C25H33N7O4. The summed E-state index contributed by atoms with van der Waals surface area (Å²) in [4.78, 5) is 27.6. The molecular weight excluding hydrogens is 462 g/mol. The van der Waals surface area contributed by atoms with Gasteiger partial charge in [-0.05, 0) is 57.0 Å². The van der Waals surface area contributed by atoms with Gasteiger partial charge in [-0.1, -0.05) is 0 Å². The zero-order valence-electron chi connectivity index (χ0n) is 20.5. The third-order valence-electron chi connectivity index (χ3n) is 7.35. The highest BCUT2D eigenvalue weighted by Gasteiger charge is 2.50. The lowest BCUT2D eigenvalue weighted by Gasteiger charge is -2.51. The number of ether oxygens (including phenoxy) is 2. The molecule has 2 aromatic heterocycles. The van der Waals surface area contributed by atoms with E-state index in [-0.39, 0.29) is 11.9 Å². The molecule has 0 unspecified atom stereocenters. The van der Waals surface area contributed by atoms with Gasteiger partial charge in [0.15, 0.2) is 11.5 Å². The van der Waals surface area contributed by atoms with Crippen LogP contribution in [0.1, 0.15) is 49.0 Å². The predicted molar refractivity (Wildman–Crippen MR) is 133 cm³/mol. The van der Waals surface area contributed by atoms with E-state index in [0.717, 1.165) is 12.2 Å². The van der Waals surface area contributed by atoms with Gasteiger partial charge in [0.25, 0.3) is 5.91 Å². The van der Waals surface area contributed by atoms with Crippen LogP contribution in [0.5, 0.6) is 5.75 Å². The summed E-state index contributed by atoms with van der Waals surface area (Å²) in [6.45, 7) is 4.39. The number of amides is 1. The molecule has 36 heavy (non-hydrogen) atoms. The number of hydrogen-bond donors (Lipinski definition) is 3. The first-order chi connectivity index (χ1) is 17.3. The van der Waals surface area contributed by atoms with Crippen LogP contribution in [0.4, 0.5) is 5.82 Å². The number of benzene rings is 1. The van der Waals surface area contributed by atoms with E-state index >= 15 is 0 Å². The first kappa shape index (κ1) is 24.4. The Morgan fingerprint density at radius 3 is 2.67 bits per heavy atom. The summed E-state index contributed by atoms with van der Waals surface area (Å²) in [6, 6.07) is 6.85. The van der Waals surface area contributed by atoms with Crippen molar-refractivity contribution in [2.75, 3.05) is 38.6 Å². The third kappa shape index (κ3) is 4.61. The summed E-state index contributed by atoms with van der Waals surface area (Å²) in [7, 11) is 0. The molecule has 3 aromatic rings. The Balaban J connectivity index is 1.22. The van der Waals surface area contributed by atoms with Gasteiger partial charge in [-0.15, -0.1) is 0 Å². The first-order valence-electron chi connectivity index (χ1n) is 12.3. The largest absolute Gasteiger partial charge is 0.494 e. The number of fused-ring (bicyclic) bond motifs is 1. The van der Waals surface area contributed by atoms with Crippen molar-refractivity contribution in [3.8, 4) is 5.75 Å². The normalized spacial score (nSPS) is 23.8. The van der Waals surface area contributed by atoms with Gasteiger partial charge < -0.3 is 35.5 Å². The first-order valence-corrected chi connectivity index (χ1v) is 12.3. The number of imidazole rings is 1. The van der Waals surface area contributed by atoms with E-state index in [9.17, 15) is 9.90 Å². The summed E-state index contributed by atoms with van der Waals surface area (Å²) < 4.78 is 13.9. The lowest BCUT2D eigenvalue weighted by atomic mass is 9.75. The minimum absolute atomic E-state index is 0.0130. The molecule has 0 bridgehead atoms. The molecule has 0 radical (unpaired) electrons. The molecule has 11 heteroatoms. The van der Waals surface area contributed by atoms with E-state index in [4.69, 9.17) is 20.9 Å². The average molecular weight is 496 g/mol. The number of anilines is 1. The molecule has 2 fully saturated rings. The van der Waals surface area contributed by atoms with Crippen LogP contribution in [0.3, 0.4) is 0 Å². The number of rotatable bonds is 6. The number of carbonyl (C=O) groups excluding carboxylic acids is 1. The fourth-order valence-corrected chi connectivity index (χ4v) is 5.32. The van der Waals surface area contributed by atoms with Crippen molar-refractivity contribution < 1.29 is 19.4 Å². The minimum atomic E-state index is -1.06. The molecule has 2 aliphatic heterocycles. The van der Waals surface area contributed by atoms with Crippen LogP contribution in [0, 0.1) is 0 Å². The topological polar surface area (TPSA) is 155 Å². The molecule has 5 N–H and O–H groups in total. The van der Waals surface area contributed by atoms with E-state index < -0.39 is 11.2 Å². The summed E-state index contributed by atoms with van der Waals surface area (Å²) in [6.07, 6.45) is 5.57. The average Bonchev–Trinajstić information content (AvgIpc) is 3.29. The van der Waals surface area contributed by atoms with Gasteiger partial charge >= 0.3 is 0 Å². The number of nitrogens with zero attached hydrogens (tertiary/aromatic N) is 5. The van der Waals surface area contributed by atoms with E-state index in [0.29, 0.717) is 74.7 Å². The Hall–Kier alpha value is -3.28. The fraction of sp³-hybridized carbons (Fsp3) is 0.520. The second-order valence-electron chi connectivity index (χ2n) is 9.93. The van der Waals surface area contributed by atoms with Gasteiger partial charge in [-0.2, -0.15) is 0 Å². The predicted octanol–water partition coefficient (Wildman–Crippen LogP) is 1.52. The number of piperidine rings is 1. The highest BCUT2D eigenvalue weighted by atomic mass is 16.5. The molecule has 2 saturated heterocycles. The standard InChI is InChI=1S/C25H33N7O4/c1-24(34)14-25(36-13-19(24)32-16-30-20-21(27)28-15-29-22(20)32)7-10-31(11-8-25)23(33)17-3-5-18(6-4-17)35-12-2-9-26/h3-6,15-16,19,34H,2,7-14,26H2,1H3,(H2,27,28,29)/t19-,24-/m0/s1. The van der Waals surface area contributed by atoms with E-state index in [1.54, 1.807) is 18.5 Å². The zero-order chi connectivity index (χ0) is 25.3. The monoisotopic (exact) mass is 495 g/mol. The van der Waals surface area contributed by atoms with E-state index in [2.05, 4.69) is 15.0 Å². The van der Waals surface area contributed by atoms with Crippen molar-refractivity contribution >= 4 is 22.9 Å².